The van der Waals surface area contributed by atoms with Crippen LogP contribution in [0.15, 0.2) is 41.4 Å². The molecule has 1 unspecified atom stereocenters. The fourth-order valence-corrected chi connectivity index (χ4v) is 4.23. The maximum absolute atomic E-state index is 6.28. The molecule has 2 N–H and O–H groups in total. The normalized spacial score (nSPS) is 22.3. The van der Waals surface area contributed by atoms with E-state index in [4.69, 9.17) is 29.7 Å². The van der Waals surface area contributed by atoms with E-state index in [1.165, 1.54) is 0 Å². The maximum atomic E-state index is 6.28. The first-order valence-electron chi connectivity index (χ1n) is 10.7. The first kappa shape index (κ1) is 20.0. The van der Waals surface area contributed by atoms with Crippen molar-refractivity contribution in [1.29, 1.82) is 0 Å². The number of nitrogens with zero attached hydrogens (tertiary/aromatic N) is 2. The second-order valence-electron chi connectivity index (χ2n) is 9.49. The minimum absolute atomic E-state index is 0.0583. The first-order valence-corrected chi connectivity index (χ1v) is 10.7. The minimum Gasteiger partial charge on any atom is -0.493 e. The summed E-state index contributed by atoms with van der Waals surface area (Å²) in [4.78, 5) is 7.11. The number of nitrogens with two attached hydrogens (primary N) is 1. The Morgan fingerprint density at radius 3 is 2.45 bits per heavy atom. The van der Waals surface area contributed by atoms with Gasteiger partial charge in [0.15, 0.2) is 5.54 Å². The Morgan fingerprint density at radius 1 is 1.06 bits per heavy atom. The zero-order chi connectivity index (χ0) is 21.6. The number of morpholine rings is 1. The Hall–Kier alpha value is -2.93. The Labute approximate surface area is 182 Å². The largest absolute Gasteiger partial charge is 0.493 e. The molecule has 3 heterocycles. The third-order valence-corrected chi connectivity index (χ3v) is 5.80. The summed E-state index contributed by atoms with van der Waals surface area (Å²) in [5, 5.41) is 0. The molecule has 3 aliphatic rings. The van der Waals surface area contributed by atoms with Gasteiger partial charge in [0.1, 0.15) is 23.9 Å². The van der Waals surface area contributed by atoms with Crippen molar-refractivity contribution in [3.05, 3.63) is 47.5 Å². The van der Waals surface area contributed by atoms with Crippen molar-refractivity contribution < 1.29 is 18.9 Å². The van der Waals surface area contributed by atoms with Crippen molar-refractivity contribution in [3.8, 4) is 17.2 Å². The van der Waals surface area contributed by atoms with Crippen molar-refractivity contribution in [2.75, 3.05) is 44.4 Å². The van der Waals surface area contributed by atoms with Crippen LogP contribution >= 0.6 is 0 Å². The predicted molar refractivity (Wildman–Crippen MR) is 119 cm³/mol. The highest BCUT2D eigenvalue weighted by Crippen LogP contribution is 2.52. The van der Waals surface area contributed by atoms with E-state index in [9.17, 15) is 0 Å². The van der Waals surface area contributed by atoms with Crippen LogP contribution in [0, 0.1) is 5.41 Å². The standard InChI is InChI=1S/C24H29N3O4/c1-23(2,3)14-29-17-5-7-21-19(13-17)24(15-30-22(25)26-24)18-12-16(4-6-20(18)31-21)27-8-10-28-11-9-27/h4-7,12-13H,8-11,14-15H2,1-3H3,(H2,25,26). The summed E-state index contributed by atoms with van der Waals surface area (Å²) in [6.45, 7) is 10.6. The molecule has 0 amide bonds. The number of fused-ring (bicyclic) bond motifs is 4. The number of benzene rings is 2. The number of hydrogen-bond donors (Lipinski definition) is 1. The Bertz CT molecular complexity index is 1020. The molecule has 0 radical (unpaired) electrons. The molecule has 3 aliphatic heterocycles. The lowest BCUT2D eigenvalue weighted by atomic mass is 9.81. The lowest BCUT2D eigenvalue weighted by molar-refractivity contribution is 0.122. The van der Waals surface area contributed by atoms with Gasteiger partial charge in [-0.25, -0.2) is 4.99 Å². The van der Waals surface area contributed by atoms with E-state index < -0.39 is 5.54 Å². The van der Waals surface area contributed by atoms with Crippen LogP contribution < -0.4 is 20.1 Å². The minimum atomic E-state index is -0.754. The van der Waals surface area contributed by atoms with Crippen LogP contribution in [0.1, 0.15) is 31.9 Å². The molecule has 31 heavy (non-hydrogen) atoms. The molecule has 164 valence electrons. The highest BCUT2D eigenvalue weighted by molar-refractivity contribution is 5.77. The fraction of sp³-hybridized carbons (Fsp3) is 0.458. The first-order chi connectivity index (χ1) is 14.8. The molecule has 2 aromatic rings. The third-order valence-electron chi connectivity index (χ3n) is 5.80. The van der Waals surface area contributed by atoms with Crippen molar-refractivity contribution in [3.63, 3.8) is 0 Å². The summed E-state index contributed by atoms with van der Waals surface area (Å²) in [5.74, 6) is 2.30. The summed E-state index contributed by atoms with van der Waals surface area (Å²) >= 11 is 0. The Balaban J connectivity index is 1.57. The van der Waals surface area contributed by atoms with Crippen molar-refractivity contribution in [2.45, 2.75) is 26.3 Å². The molecule has 7 heteroatoms. The van der Waals surface area contributed by atoms with Gasteiger partial charge in [0.25, 0.3) is 6.02 Å². The van der Waals surface area contributed by atoms with Crippen LogP contribution in [0.2, 0.25) is 0 Å². The van der Waals surface area contributed by atoms with Gasteiger partial charge in [-0.1, -0.05) is 20.8 Å². The number of aliphatic imine (C=N–C) groups is 1. The summed E-state index contributed by atoms with van der Waals surface area (Å²) in [5.41, 5.74) is 8.31. The predicted octanol–water partition coefficient (Wildman–Crippen LogP) is 3.64. The van der Waals surface area contributed by atoms with E-state index in [2.05, 4.69) is 37.8 Å². The zero-order valence-electron chi connectivity index (χ0n) is 18.3. The van der Waals surface area contributed by atoms with Crippen LogP contribution in [-0.4, -0.2) is 45.5 Å². The molecule has 0 aliphatic carbocycles. The van der Waals surface area contributed by atoms with Gasteiger partial charge in [-0.3, -0.25) is 0 Å². The third kappa shape index (κ3) is 3.67. The average Bonchev–Trinajstić information content (AvgIpc) is 3.15. The number of amidine groups is 1. The number of rotatable bonds is 3. The van der Waals surface area contributed by atoms with E-state index in [1.807, 2.05) is 24.3 Å². The number of ether oxygens (including phenoxy) is 4. The fourth-order valence-electron chi connectivity index (χ4n) is 4.23. The molecular formula is C24H29N3O4. The molecule has 7 nitrogen and oxygen atoms in total. The Morgan fingerprint density at radius 2 is 1.77 bits per heavy atom. The average molecular weight is 424 g/mol. The zero-order valence-corrected chi connectivity index (χ0v) is 18.3. The van der Waals surface area contributed by atoms with Crippen LogP contribution in [0.3, 0.4) is 0 Å². The Kier molecular flexibility index (Phi) is 4.73. The van der Waals surface area contributed by atoms with Crippen LogP contribution in [0.25, 0.3) is 0 Å². The molecule has 0 aromatic heterocycles. The lowest BCUT2D eigenvalue weighted by Crippen LogP contribution is -2.37. The van der Waals surface area contributed by atoms with E-state index in [-0.39, 0.29) is 11.4 Å². The highest BCUT2D eigenvalue weighted by atomic mass is 16.5. The van der Waals surface area contributed by atoms with E-state index in [1.54, 1.807) is 0 Å². The van der Waals surface area contributed by atoms with E-state index in [0.717, 1.165) is 60.4 Å². The van der Waals surface area contributed by atoms with Crippen molar-refractivity contribution in [1.82, 2.24) is 0 Å². The van der Waals surface area contributed by atoms with Gasteiger partial charge in [0.05, 0.1) is 19.8 Å². The van der Waals surface area contributed by atoms with Gasteiger partial charge in [0.2, 0.25) is 0 Å². The van der Waals surface area contributed by atoms with Gasteiger partial charge < -0.3 is 29.6 Å². The molecule has 1 atom stereocenters. The summed E-state index contributed by atoms with van der Waals surface area (Å²) in [7, 11) is 0. The molecule has 0 saturated carbocycles. The van der Waals surface area contributed by atoms with E-state index in [0.29, 0.717) is 13.2 Å². The molecule has 1 fully saturated rings. The quantitative estimate of drug-likeness (QED) is 0.812. The summed E-state index contributed by atoms with van der Waals surface area (Å²) in [6, 6.07) is 12.3. The lowest BCUT2D eigenvalue weighted by Gasteiger charge is -2.35. The van der Waals surface area contributed by atoms with Gasteiger partial charge >= 0.3 is 0 Å². The van der Waals surface area contributed by atoms with Crippen LogP contribution in [0.5, 0.6) is 17.2 Å². The second kappa shape index (κ2) is 7.34. The van der Waals surface area contributed by atoms with Crippen molar-refractivity contribution >= 4 is 11.7 Å². The summed E-state index contributed by atoms with van der Waals surface area (Å²) < 4.78 is 23.6. The molecule has 1 saturated heterocycles. The second-order valence-corrected chi connectivity index (χ2v) is 9.49. The topological polar surface area (TPSA) is 78.5 Å². The SMILES string of the molecule is CC(C)(C)COc1ccc2c(c1)C1(COC(N)=N1)c1cc(N3CCOCC3)ccc1O2. The van der Waals surface area contributed by atoms with Gasteiger partial charge in [-0.15, -0.1) is 0 Å². The van der Waals surface area contributed by atoms with E-state index >= 15 is 0 Å². The number of anilines is 1. The monoisotopic (exact) mass is 423 g/mol. The van der Waals surface area contributed by atoms with Crippen LogP contribution in [-0.2, 0) is 15.0 Å². The maximum Gasteiger partial charge on any atom is 0.283 e. The molecule has 5 rings (SSSR count). The van der Waals surface area contributed by atoms with Gasteiger partial charge in [-0.2, -0.15) is 0 Å². The van der Waals surface area contributed by atoms with Gasteiger partial charge in [-0.05, 0) is 41.8 Å². The molecular weight excluding hydrogens is 394 g/mol. The highest BCUT2D eigenvalue weighted by Gasteiger charge is 2.47. The number of hydrogen-bond acceptors (Lipinski definition) is 7. The van der Waals surface area contributed by atoms with Gasteiger partial charge in [0, 0.05) is 29.9 Å². The smallest absolute Gasteiger partial charge is 0.283 e. The van der Waals surface area contributed by atoms with Crippen LogP contribution in [0.4, 0.5) is 5.69 Å². The molecule has 1 spiro atoms. The molecule has 2 aromatic carbocycles. The molecule has 0 bridgehead atoms. The summed E-state index contributed by atoms with van der Waals surface area (Å²) in [6.07, 6.45) is 0. The van der Waals surface area contributed by atoms with Crippen molar-refractivity contribution in [2.24, 2.45) is 16.1 Å².